The van der Waals surface area contributed by atoms with Crippen molar-refractivity contribution >= 4 is 29.9 Å². The van der Waals surface area contributed by atoms with Crippen LogP contribution in [-0.2, 0) is 0 Å². The van der Waals surface area contributed by atoms with E-state index in [2.05, 4.69) is 41.4 Å². The summed E-state index contributed by atoms with van der Waals surface area (Å²) >= 11 is 0. The lowest BCUT2D eigenvalue weighted by molar-refractivity contribution is 0.305. The maximum absolute atomic E-state index is 6.13. The number of halogens is 1. The van der Waals surface area contributed by atoms with E-state index in [1.54, 1.807) is 7.11 Å². The van der Waals surface area contributed by atoms with Gasteiger partial charge in [-0.2, -0.15) is 0 Å². The van der Waals surface area contributed by atoms with Crippen LogP contribution in [0, 0.1) is 0 Å². The fourth-order valence-electron chi connectivity index (χ4n) is 3.28. The van der Waals surface area contributed by atoms with Crippen molar-refractivity contribution in [1.29, 1.82) is 0 Å². The number of hydrogen-bond acceptors (Lipinski definition) is 3. The molecule has 0 amide bonds. The molecule has 1 aromatic carbocycles. The summed E-state index contributed by atoms with van der Waals surface area (Å²) in [4.78, 5) is 6.77. The van der Waals surface area contributed by atoms with Crippen molar-refractivity contribution in [1.82, 2.24) is 10.2 Å². The van der Waals surface area contributed by atoms with Crippen molar-refractivity contribution in [3.8, 4) is 5.75 Å². The van der Waals surface area contributed by atoms with Crippen LogP contribution in [0.1, 0.15) is 50.1 Å². The molecule has 1 aromatic rings. The first-order valence-electron chi connectivity index (χ1n) is 8.97. The van der Waals surface area contributed by atoms with Crippen LogP contribution >= 0.6 is 24.0 Å². The molecular weight excluding hydrogens is 427 g/mol. The first-order valence-corrected chi connectivity index (χ1v) is 8.97. The molecule has 25 heavy (non-hydrogen) atoms. The third kappa shape index (κ3) is 7.40. The highest BCUT2D eigenvalue weighted by Crippen LogP contribution is 2.23. The Bertz CT molecular complexity index is 528. The van der Waals surface area contributed by atoms with Gasteiger partial charge in [0.2, 0.25) is 0 Å². The van der Waals surface area contributed by atoms with E-state index in [-0.39, 0.29) is 30.0 Å². The Balaban J connectivity index is 0.00000312. The molecule has 1 unspecified atom stereocenters. The normalized spacial score (nSPS) is 17.5. The Morgan fingerprint density at radius 3 is 2.56 bits per heavy atom. The van der Waals surface area contributed by atoms with E-state index in [9.17, 15) is 0 Å². The van der Waals surface area contributed by atoms with Crippen LogP contribution in [0.25, 0.3) is 0 Å². The topological polar surface area (TPSA) is 62.9 Å². The van der Waals surface area contributed by atoms with Gasteiger partial charge < -0.3 is 20.7 Å². The van der Waals surface area contributed by atoms with Crippen molar-refractivity contribution < 1.29 is 4.74 Å². The molecule has 0 aliphatic heterocycles. The SMILES string of the molecule is COc1cccc(C(CN=C(N)NC2CCCCCC2)N(C)C)c1.I. The zero-order valence-electron chi connectivity index (χ0n) is 15.7. The van der Waals surface area contributed by atoms with E-state index in [0.29, 0.717) is 18.5 Å². The van der Waals surface area contributed by atoms with E-state index in [0.717, 1.165) is 5.75 Å². The number of guanidine groups is 1. The molecule has 2 rings (SSSR count). The molecule has 0 radical (unpaired) electrons. The van der Waals surface area contributed by atoms with Gasteiger partial charge in [0.15, 0.2) is 5.96 Å². The van der Waals surface area contributed by atoms with Gasteiger partial charge in [0.25, 0.3) is 0 Å². The highest BCUT2D eigenvalue weighted by atomic mass is 127. The van der Waals surface area contributed by atoms with Gasteiger partial charge in [0.1, 0.15) is 5.75 Å². The molecule has 0 bridgehead atoms. The molecular formula is C19H33IN4O. The molecule has 3 N–H and O–H groups in total. The predicted molar refractivity (Wildman–Crippen MR) is 116 cm³/mol. The fraction of sp³-hybridized carbons (Fsp3) is 0.632. The number of aliphatic imine (C=N–C) groups is 1. The first kappa shape index (κ1) is 22.0. The van der Waals surface area contributed by atoms with Gasteiger partial charge in [0, 0.05) is 6.04 Å². The fourth-order valence-corrected chi connectivity index (χ4v) is 3.28. The van der Waals surface area contributed by atoms with Gasteiger partial charge in [-0.3, -0.25) is 4.99 Å². The van der Waals surface area contributed by atoms with Crippen molar-refractivity contribution in [2.75, 3.05) is 27.7 Å². The quantitative estimate of drug-likeness (QED) is 0.295. The summed E-state index contributed by atoms with van der Waals surface area (Å²) in [6.45, 7) is 0.631. The molecule has 1 fully saturated rings. The number of hydrogen-bond donors (Lipinski definition) is 2. The number of benzene rings is 1. The minimum absolute atomic E-state index is 0. The third-order valence-corrected chi connectivity index (χ3v) is 4.74. The maximum Gasteiger partial charge on any atom is 0.188 e. The van der Waals surface area contributed by atoms with Crippen LogP contribution in [0.15, 0.2) is 29.3 Å². The monoisotopic (exact) mass is 460 g/mol. The number of nitrogens with two attached hydrogens (primary N) is 1. The van der Waals surface area contributed by atoms with Crippen LogP contribution in [0.2, 0.25) is 0 Å². The highest BCUT2D eigenvalue weighted by molar-refractivity contribution is 14.0. The second-order valence-electron chi connectivity index (χ2n) is 6.81. The smallest absolute Gasteiger partial charge is 0.188 e. The van der Waals surface area contributed by atoms with E-state index < -0.39 is 0 Å². The molecule has 1 aliphatic rings. The number of ether oxygens (including phenoxy) is 1. The highest BCUT2D eigenvalue weighted by Gasteiger charge is 2.16. The Kier molecular flexibility index (Phi) is 10.2. The molecule has 0 spiro atoms. The van der Waals surface area contributed by atoms with Crippen molar-refractivity contribution in [3.05, 3.63) is 29.8 Å². The summed E-state index contributed by atoms with van der Waals surface area (Å²) in [6.07, 6.45) is 7.65. The Morgan fingerprint density at radius 1 is 1.28 bits per heavy atom. The van der Waals surface area contributed by atoms with E-state index in [1.807, 2.05) is 12.1 Å². The van der Waals surface area contributed by atoms with Crippen LogP contribution < -0.4 is 15.8 Å². The van der Waals surface area contributed by atoms with Crippen molar-refractivity contribution in [2.45, 2.75) is 50.6 Å². The lowest BCUT2D eigenvalue weighted by atomic mass is 10.1. The third-order valence-electron chi connectivity index (χ3n) is 4.74. The van der Waals surface area contributed by atoms with Crippen LogP contribution in [0.5, 0.6) is 5.75 Å². The van der Waals surface area contributed by atoms with Crippen LogP contribution in [0.4, 0.5) is 0 Å². The van der Waals surface area contributed by atoms with Crippen molar-refractivity contribution in [3.63, 3.8) is 0 Å². The molecule has 0 heterocycles. The zero-order valence-corrected chi connectivity index (χ0v) is 18.0. The second-order valence-corrected chi connectivity index (χ2v) is 6.81. The van der Waals surface area contributed by atoms with Gasteiger partial charge in [-0.1, -0.05) is 37.8 Å². The Hall–Kier alpha value is -1.02. The molecule has 5 nitrogen and oxygen atoms in total. The molecule has 0 saturated heterocycles. The van der Waals surface area contributed by atoms with Gasteiger partial charge in [-0.25, -0.2) is 0 Å². The standard InChI is InChI=1S/C19H32N4O.HI/c1-23(2)18(15-9-8-12-17(13-15)24-3)14-21-19(20)22-16-10-6-4-5-7-11-16;/h8-9,12-13,16,18H,4-7,10-11,14H2,1-3H3,(H3,20,21,22);1H. The van der Waals surface area contributed by atoms with E-state index in [1.165, 1.54) is 44.1 Å². The van der Waals surface area contributed by atoms with Crippen LogP contribution in [0.3, 0.4) is 0 Å². The van der Waals surface area contributed by atoms with Gasteiger partial charge in [-0.05, 0) is 44.6 Å². The summed E-state index contributed by atoms with van der Waals surface area (Å²) in [5.41, 5.74) is 7.32. The molecule has 0 aromatic heterocycles. The number of nitrogens with zero attached hydrogens (tertiary/aromatic N) is 2. The largest absolute Gasteiger partial charge is 0.497 e. The molecule has 1 aliphatic carbocycles. The number of likely N-dealkylation sites (N-methyl/N-ethyl adjacent to an activating group) is 1. The van der Waals surface area contributed by atoms with E-state index >= 15 is 0 Å². The average molecular weight is 460 g/mol. The minimum atomic E-state index is 0. The van der Waals surface area contributed by atoms with Gasteiger partial charge >= 0.3 is 0 Å². The molecule has 1 saturated carbocycles. The predicted octanol–water partition coefficient (Wildman–Crippen LogP) is 3.54. The summed E-state index contributed by atoms with van der Waals surface area (Å²) in [6, 6.07) is 8.80. The average Bonchev–Trinajstić information content (AvgIpc) is 2.83. The zero-order chi connectivity index (χ0) is 17.4. The minimum Gasteiger partial charge on any atom is -0.497 e. The second kappa shape index (κ2) is 11.6. The summed E-state index contributed by atoms with van der Waals surface area (Å²) in [5.74, 6) is 1.43. The number of rotatable bonds is 6. The number of methoxy groups -OCH3 is 1. The van der Waals surface area contributed by atoms with Crippen molar-refractivity contribution in [2.24, 2.45) is 10.7 Å². The molecule has 1 atom stereocenters. The Labute approximate surface area is 169 Å². The lowest BCUT2D eigenvalue weighted by Gasteiger charge is -2.24. The maximum atomic E-state index is 6.13. The Morgan fingerprint density at radius 2 is 1.96 bits per heavy atom. The summed E-state index contributed by atoms with van der Waals surface area (Å²) < 4.78 is 5.33. The molecule has 142 valence electrons. The van der Waals surface area contributed by atoms with E-state index in [4.69, 9.17) is 10.5 Å². The lowest BCUT2D eigenvalue weighted by Crippen LogP contribution is -2.40. The van der Waals surface area contributed by atoms with Gasteiger partial charge in [-0.15, -0.1) is 24.0 Å². The van der Waals surface area contributed by atoms with Crippen LogP contribution in [-0.4, -0.2) is 44.7 Å². The molecule has 6 heteroatoms. The summed E-state index contributed by atoms with van der Waals surface area (Å²) in [7, 11) is 5.82. The van der Waals surface area contributed by atoms with Gasteiger partial charge in [0.05, 0.1) is 19.7 Å². The number of nitrogens with one attached hydrogen (secondary N) is 1. The first-order chi connectivity index (χ1) is 11.6. The summed E-state index contributed by atoms with van der Waals surface area (Å²) in [5, 5.41) is 3.41.